The summed E-state index contributed by atoms with van der Waals surface area (Å²) in [5.74, 6) is 6.81. The topological polar surface area (TPSA) is 56.7 Å². The predicted molar refractivity (Wildman–Crippen MR) is 110 cm³/mol. The van der Waals surface area contributed by atoms with E-state index in [2.05, 4.69) is 41.6 Å². The second-order valence-electron chi connectivity index (χ2n) is 5.98. The predicted octanol–water partition coefficient (Wildman–Crippen LogP) is 4.99. The third-order valence-corrected chi connectivity index (χ3v) is 5.91. The van der Waals surface area contributed by atoms with Crippen LogP contribution < -0.4 is 5.84 Å². The molecular weight excluding hydrogens is 360 g/mol. The minimum absolute atomic E-state index is 0.741. The summed E-state index contributed by atoms with van der Waals surface area (Å²) in [4.78, 5) is 9.39. The minimum Gasteiger partial charge on any atom is -0.337 e. The third-order valence-electron chi connectivity index (χ3n) is 3.97. The number of aryl methyl sites for hydroxylation is 1. The summed E-state index contributed by atoms with van der Waals surface area (Å²) in [6, 6.07) is 18.5. The lowest BCUT2D eigenvalue weighted by Crippen LogP contribution is -2.07. The SMILES string of the molecule is Cc1ccc(-c2nc(CSc3nc(-c4ccccc4)cn3N)cs2)cc1. The van der Waals surface area contributed by atoms with Gasteiger partial charge in [-0.25, -0.2) is 14.6 Å². The first-order valence-electron chi connectivity index (χ1n) is 8.23. The molecule has 26 heavy (non-hydrogen) atoms. The zero-order valence-electron chi connectivity index (χ0n) is 14.3. The molecule has 0 aliphatic rings. The van der Waals surface area contributed by atoms with Crippen molar-refractivity contribution in [3.8, 4) is 21.8 Å². The van der Waals surface area contributed by atoms with Crippen LogP contribution in [0, 0.1) is 6.92 Å². The van der Waals surface area contributed by atoms with E-state index in [9.17, 15) is 0 Å². The molecule has 130 valence electrons. The zero-order chi connectivity index (χ0) is 17.9. The molecule has 0 amide bonds. The fourth-order valence-electron chi connectivity index (χ4n) is 2.57. The van der Waals surface area contributed by atoms with Crippen molar-refractivity contribution in [2.24, 2.45) is 0 Å². The highest BCUT2D eigenvalue weighted by Crippen LogP contribution is 2.28. The van der Waals surface area contributed by atoms with Gasteiger partial charge >= 0.3 is 0 Å². The normalized spacial score (nSPS) is 11.0. The maximum atomic E-state index is 6.07. The van der Waals surface area contributed by atoms with Gasteiger partial charge in [-0.3, -0.25) is 0 Å². The van der Waals surface area contributed by atoms with E-state index in [-0.39, 0.29) is 0 Å². The van der Waals surface area contributed by atoms with Crippen molar-refractivity contribution < 1.29 is 0 Å². The molecule has 0 radical (unpaired) electrons. The first-order chi connectivity index (χ1) is 12.7. The molecule has 0 saturated carbocycles. The van der Waals surface area contributed by atoms with Crippen LogP contribution >= 0.6 is 23.1 Å². The van der Waals surface area contributed by atoms with Crippen LogP contribution in [0.2, 0.25) is 0 Å². The van der Waals surface area contributed by atoms with Crippen LogP contribution in [0.5, 0.6) is 0 Å². The Labute approximate surface area is 160 Å². The van der Waals surface area contributed by atoms with Crippen LogP contribution in [0.25, 0.3) is 21.8 Å². The Balaban J connectivity index is 1.46. The number of rotatable bonds is 5. The number of nitrogens with zero attached hydrogens (tertiary/aromatic N) is 3. The molecule has 6 heteroatoms. The van der Waals surface area contributed by atoms with Crippen LogP contribution in [0.3, 0.4) is 0 Å². The second-order valence-corrected chi connectivity index (χ2v) is 7.78. The lowest BCUT2D eigenvalue weighted by atomic mass is 10.2. The van der Waals surface area contributed by atoms with Gasteiger partial charge in [-0.1, -0.05) is 71.9 Å². The molecule has 0 saturated heterocycles. The average Bonchev–Trinajstić information content (AvgIpc) is 3.28. The standard InChI is InChI=1S/C20H18N4S2/c1-14-7-9-16(10-8-14)19-22-17(12-25-19)13-26-20-23-18(11-24(20)21)15-5-3-2-4-6-15/h2-12H,13,21H2,1H3. The van der Waals surface area contributed by atoms with Crippen molar-refractivity contribution in [2.75, 3.05) is 5.84 Å². The van der Waals surface area contributed by atoms with Crippen LogP contribution in [0.1, 0.15) is 11.3 Å². The van der Waals surface area contributed by atoms with Gasteiger partial charge in [-0.2, -0.15) is 0 Å². The number of hydrogen-bond acceptors (Lipinski definition) is 5. The number of thioether (sulfide) groups is 1. The van der Waals surface area contributed by atoms with Crippen molar-refractivity contribution in [1.29, 1.82) is 0 Å². The molecule has 0 atom stereocenters. The second kappa shape index (κ2) is 7.35. The molecule has 2 aromatic carbocycles. The van der Waals surface area contributed by atoms with Crippen molar-refractivity contribution in [1.82, 2.24) is 14.6 Å². The Morgan fingerprint density at radius 2 is 1.77 bits per heavy atom. The smallest absolute Gasteiger partial charge is 0.187 e. The monoisotopic (exact) mass is 378 g/mol. The molecule has 0 unspecified atom stereocenters. The van der Waals surface area contributed by atoms with E-state index >= 15 is 0 Å². The third kappa shape index (κ3) is 3.66. The van der Waals surface area contributed by atoms with E-state index in [0.717, 1.165) is 38.4 Å². The van der Waals surface area contributed by atoms with Gasteiger partial charge in [0, 0.05) is 22.3 Å². The van der Waals surface area contributed by atoms with E-state index in [1.54, 1.807) is 27.8 Å². The van der Waals surface area contributed by atoms with Crippen molar-refractivity contribution in [3.63, 3.8) is 0 Å². The number of aromatic nitrogens is 3. The number of nitrogen functional groups attached to an aromatic ring is 1. The number of hydrogen-bond donors (Lipinski definition) is 1. The molecule has 0 aliphatic carbocycles. The quantitative estimate of drug-likeness (QED) is 0.393. The van der Waals surface area contributed by atoms with Crippen molar-refractivity contribution >= 4 is 23.1 Å². The Morgan fingerprint density at radius 3 is 2.54 bits per heavy atom. The number of imidazole rings is 1. The highest BCUT2D eigenvalue weighted by Gasteiger charge is 2.10. The molecule has 4 aromatic rings. The van der Waals surface area contributed by atoms with E-state index < -0.39 is 0 Å². The number of nitrogens with two attached hydrogens (primary N) is 1. The molecule has 4 rings (SSSR count). The Bertz CT molecular complexity index is 1000. The first kappa shape index (κ1) is 16.9. The molecule has 0 bridgehead atoms. The molecule has 0 fully saturated rings. The molecular formula is C20H18N4S2. The molecule has 4 nitrogen and oxygen atoms in total. The first-order valence-corrected chi connectivity index (χ1v) is 10.1. The van der Waals surface area contributed by atoms with Crippen molar-refractivity contribution in [3.05, 3.63) is 77.4 Å². The lowest BCUT2D eigenvalue weighted by molar-refractivity contribution is 0.851. The van der Waals surface area contributed by atoms with Gasteiger partial charge in [0.1, 0.15) is 5.01 Å². The van der Waals surface area contributed by atoms with Gasteiger partial charge in [-0.15, -0.1) is 11.3 Å². The van der Waals surface area contributed by atoms with E-state index in [0.29, 0.717) is 0 Å². The van der Waals surface area contributed by atoms with E-state index in [4.69, 9.17) is 10.8 Å². The maximum Gasteiger partial charge on any atom is 0.187 e. The largest absolute Gasteiger partial charge is 0.337 e. The van der Waals surface area contributed by atoms with Crippen LogP contribution in [-0.4, -0.2) is 14.6 Å². The summed E-state index contributed by atoms with van der Waals surface area (Å²) in [7, 11) is 0. The summed E-state index contributed by atoms with van der Waals surface area (Å²) in [5.41, 5.74) is 5.40. The molecule has 2 heterocycles. The lowest BCUT2D eigenvalue weighted by Gasteiger charge is -1.99. The number of benzene rings is 2. The Morgan fingerprint density at radius 1 is 1.00 bits per heavy atom. The van der Waals surface area contributed by atoms with Gasteiger partial charge in [0.25, 0.3) is 0 Å². The number of thiazole rings is 1. The van der Waals surface area contributed by atoms with Crippen LogP contribution in [-0.2, 0) is 5.75 Å². The van der Waals surface area contributed by atoms with Gasteiger partial charge in [0.2, 0.25) is 0 Å². The summed E-state index contributed by atoms with van der Waals surface area (Å²) in [5, 5.41) is 3.93. The highest BCUT2D eigenvalue weighted by atomic mass is 32.2. The summed E-state index contributed by atoms with van der Waals surface area (Å²) >= 11 is 3.26. The molecule has 0 aliphatic heterocycles. The molecule has 0 spiro atoms. The summed E-state index contributed by atoms with van der Waals surface area (Å²) in [6.07, 6.45) is 1.86. The fourth-order valence-corrected chi connectivity index (χ4v) is 4.29. The molecule has 2 aromatic heterocycles. The van der Waals surface area contributed by atoms with E-state index in [1.807, 2.05) is 36.5 Å². The Hall–Kier alpha value is -2.57. The van der Waals surface area contributed by atoms with Gasteiger partial charge < -0.3 is 5.84 Å². The van der Waals surface area contributed by atoms with Crippen LogP contribution in [0.15, 0.2) is 71.3 Å². The van der Waals surface area contributed by atoms with Gasteiger partial charge in [0.15, 0.2) is 5.16 Å². The summed E-state index contributed by atoms with van der Waals surface area (Å²) in [6.45, 7) is 2.09. The summed E-state index contributed by atoms with van der Waals surface area (Å²) < 4.78 is 1.58. The van der Waals surface area contributed by atoms with Crippen LogP contribution in [0.4, 0.5) is 0 Å². The Kier molecular flexibility index (Phi) is 4.77. The average molecular weight is 379 g/mol. The molecule has 2 N–H and O–H groups in total. The zero-order valence-corrected chi connectivity index (χ0v) is 15.9. The van der Waals surface area contributed by atoms with E-state index in [1.165, 1.54) is 5.56 Å². The van der Waals surface area contributed by atoms with Gasteiger partial charge in [-0.05, 0) is 6.92 Å². The van der Waals surface area contributed by atoms with Crippen molar-refractivity contribution in [2.45, 2.75) is 17.8 Å². The van der Waals surface area contributed by atoms with Gasteiger partial charge in [0.05, 0.1) is 17.6 Å². The maximum absolute atomic E-state index is 6.07. The fraction of sp³-hybridized carbons (Fsp3) is 0.100. The minimum atomic E-state index is 0.741. The highest BCUT2D eigenvalue weighted by molar-refractivity contribution is 7.98.